The molecule has 0 radical (unpaired) electrons. The molecule has 0 amide bonds. The molecule has 0 unspecified atom stereocenters. The summed E-state index contributed by atoms with van der Waals surface area (Å²) in [5.41, 5.74) is 8.35. The molecule has 4 rings (SSSR count). The molecule has 0 aliphatic carbocycles. The molecule has 0 aliphatic rings. The van der Waals surface area contributed by atoms with Gasteiger partial charge in [-0.15, -0.1) is 0 Å². The molecule has 0 saturated carbocycles. The van der Waals surface area contributed by atoms with Crippen LogP contribution in [0.2, 0.25) is 10.0 Å². The van der Waals surface area contributed by atoms with Gasteiger partial charge in [0.05, 0.1) is 27.0 Å². The molecule has 0 bridgehead atoms. The number of nitrogens with two attached hydrogens (primary N) is 2. The largest absolute Gasteiger partial charge is 0.403 e. The average molecular weight is 592 g/mol. The highest BCUT2D eigenvalue weighted by Crippen LogP contribution is 2.37. The van der Waals surface area contributed by atoms with E-state index in [1.807, 2.05) is 0 Å². The minimum absolute atomic E-state index is 0.144. The number of hydrogen-bond acceptors (Lipinski definition) is 6. The maximum atomic E-state index is 14.1. The molecule has 3 aromatic carbocycles. The van der Waals surface area contributed by atoms with E-state index in [9.17, 15) is 17.2 Å². The van der Waals surface area contributed by atoms with E-state index < -0.39 is 21.5 Å². The first kappa shape index (κ1) is 28.6. The Morgan fingerprint density at radius 1 is 1.08 bits per heavy atom. The zero-order chi connectivity index (χ0) is 28.7. The second-order valence-electron chi connectivity index (χ2n) is 8.98. The third-order valence-electron chi connectivity index (χ3n) is 6.05. The van der Waals surface area contributed by atoms with Crippen molar-refractivity contribution in [1.29, 1.82) is 0 Å². The molecule has 0 fully saturated rings. The van der Waals surface area contributed by atoms with E-state index in [0.29, 0.717) is 49.6 Å². The summed E-state index contributed by atoms with van der Waals surface area (Å²) in [7, 11) is -3.46. The Labute approximate surface area is 235 Å². The minimum atomic E-state index is -3.46. The number of benzene rings is 3. The van der Waals surface area contributed by atoms with Crippen molar-refractivity contribution in [2.75, 3.05) is 11.3 Å². The minimum Gasteiger partial charge on any atom is -0.403 e. The van der Waals surface area contributed by atoms with Gasteiger partial charge in [0.15, 0.2) is 9.84 Å². The summed E-state index contributed by atoms with van der Waals surface area (Å²) in [6.07, 6.45) is 3.63. The first-order chi connectivity index (χ1) is 18.2. The molecule has 204 valence electrons. The highest BCUT2D eigenvalue weighted by molar-refractivity contribution is 7.90. The molecule has 0 saturated heterocycles. The molecule has 0 spiro atoms. The number of aromatic nitrogens is 2. The van der Waals surface area contributed by atoms with Crippen LogP contribution < -0.4 is 16.6 Å². The Bertz CT molecular complexity index is 1700. The van der Waals surface area contributed by atoms with Gasteiger partial charge in [-0.1, -0.05) is 41.4 Å². The molecule has 12 heteroatoms. The Morgan fingerprint density at radius 2 is 1.77 bits per heavy atom. The fourth-order valence-electron chi connectivity index (χ4n) is 4.06. The summed E-state index contributed by atoms with van der Waals surface area (Å²) in [6.45, 7) is 2.37. The van der Waals surface area contributed by atoms with Gasteiger partial charge in [0.2, 0.25) is 0 Å². The third kappa shape index (κ3) is 5.94. The number of anilines is 1. The van der Waals surface area contributed by atoms with E-state index in [0.717, 1.165) is 13.2 Å². The number of sulfone groups is 1. The van der Waals surface area contributed by atoms with Crippen LogP contribution in [0.15, 0.2) is 78.0 Å². The normalized spacial score (nSPS) is 12.6. The predicted molar refractivity (Wildman–Crippen MR) is 152 cm³/mol. The van der Waals surface area contributed by atoms with Crippen LogP contribution in [0.1, 0.15) is 24.0 Å². The van der Waals surface area contributed by atoms with E-state index in [-0.39, 0.29) is 4.90 Å². The Hall–Kier alpha value is -3.44. The first-order valence-corrected chi connectivity index (χ1v) is 14.2. The van der Waals surface area contributed by atoms with Gasteiger partial charge in [0, 0.05) is 36.2 Å². The first-order valence-electron chi connectivity index (χ1n) is 11.5. The molecule has 0 atom stereocenters. The van der Waals surface area contributed by atoms with E-state index in [2.05, 4.69) is 4.98 Å². The lowest BCUT2D eigenvalue weighted by molar-refractivity contribution is 0.0130. The zero-order valence-corrected chi connectivity index (χ0v) is 23.5. The van der Waals surface area contributed by atoms with E-state index in [1.165, 1.54) is 28.0 Å². The smallest absolute Gasteiger partial charge is 0.288 e. The van der Waals surface area contributed by atoms with Gasteiger partial charge in [-0.25, -0.2) is 19.2 Å². The third-order valence-corrected chi connectivity index (χ3v) is 7.70. The standard InChI is InChI=1S/C27H25Cl2F2N5O2S/c1-16-34-26(27(2,30)31)15-35(16)23-10-7-18(17-5-4-6-20(11-17)39(3,37)38)12-24(23)36(33)25(14-32)21-9-8-19(28)13-22(21)29/h4-15H,32-33H2,1-3H3/b25-14-. The lowest BCUT2D eigenvalue weighted by Crippen LogP contribution is -2.31. The summed E-state index contributed by atoms with van der Waals surface area (Å²) < 4.78 is 54.0. The van der Waals surface area contributed by atoms with Gasteiger partial charge in [-0.2, -0.15) is 8.78 Å². The van der Waals surface area contributed by atoms with Crippen molar-refractivity contribution >= 4 is 44.4 Å². The van der Waals surface area contributed by atoms with Crippen LogP contribution in [-0.4, -0.2) is 24.2 Å². The molecular formula is C27H25Cl2F2N5O2S. The van der Waals surface area contributed by atoms with Crippen LogP contribution in [-0.2, 0) is 15.8 Å². The lowest BCUT2D eigenvalue weighted by Gasteiger charge is -2.26. The molecule has 7 nitrogen and oxygen atoms in total. The highest BCUT2D eigenvalue weighted by Gasteiger charge is 2.29. The number of imidazole rings is 1. The van der Waals surface area contributed by atoms with E-state index in [1.54, 1.807) is 61.5 Å². The number of halogens is 4. The van der Waals surface area contributed by atoms with Crippen molar-refractivity contribution < 1.29 is 17.2 Å². The van der Waals surface area contributed by atoms with Gasteiger partial charge in [0.1, 0.15) is 11.5 Å². The molecule has 39 heavy (non-hydrogen) atoms. The monoisotopic (exact) mass is 591 g/mol. The summed E-state index contributed by atoms with van der Waals surface area (Å²) in [5, 5.41) is 1.98. The summed E-state index contributed by atoms with van der Waals surface area (Å²) >= 11 is 12.5. The van der Waals surface area contributed by atoms with Crippen molar-refractivity contribution in [3.8, 4) is 16.8 Å². The number of hydrazine groups is 1. The number of alkyl halides is 2. The van der Waals surface area contributed by atoms with Crippen LogP contribution in [0, 0.1) is 6.92 Å². The van der Waals surface area contributed by atoms with E-state index in [4.69, 9.17) is 34.8 Å². The number of hydrogen-bond donors (Lipinski definition) is 2. The van der Waals surface area contributed by atoms with Crippen LogP contribution in [0.5, 0.6) is 0 Å². The van der Waals surface area contributed by atoms with Crippen molar-refractivity contribution in [1.82, 2.24) is 9.55 Å². The molecule has 1 aromatic heterocycles. The van der Waals surface area contributed by atoms with Crippen molar-refractivity contribution in [2.24, 2.45) is 11.6 Å². The van der Waals surface area contributed by atoms with Gasteiger partial charge in [-0.3, -0.25) is 5.01 Å². The van der Waals surface area contributed by atoms with Crippen molar-refractivity contribution in [3.63, 3.8) is 0 Å². The summed E-state index contributed by atoms with van der Waals surface area (Å²) in [5.74, 6) is 3.77. The second-order valence-corrected chi connectivity index (χ2v) is 11.8. The van der Waals surface area contributed by atoms with Crippen LogP contribution in [0.25, 0.3) is 22.5 Å². The van der Waals surface area contributed by atoms with Gasteiger partial charge in [0.25, 0.3) is 5.92 Å². The number of rotatable bonds is 7. The van der Waals surface area contributed by atoms with Gasteiger partial charge < -0.3 is 10.3 Å². The maximum absolute atomic E-state index is 14.1. The Balaban J connectivity index is 1.95. The van der Waals surface area contributed by atoms with Crippen molar-refractivity contribution in [2.45, 2.75) is 24.7 Å². The Kier molecular flexibility index (Phi) is 7.77. The molecule has 0 aliphatic heterocycles. The van der Waals surface area contributed by atoms with Crippen LogP contribution in [0.4, 0.5) is 14.5 Å². The Morgan fingerprint density at radius 3 is 2.36 bits per heavy atom. The fraction of sp³-hybridized carbons (Fsp3) is 0.148. The van der Waals surface area contributed by atoms with Crippen LogP contribution in [0.3, 0.4) is 0 Å². The second kappa shape index (κ2) is 10.6. The SMILES string of the molecule is Cc1nc(C(C)(F)F)cn1-c1ccc(-c2cccc(S(C)(=O)=O)c2)cc1N(N)/C(=C\N)c1ccc(Cl)cc1Cl. The molecule has 1 heterocycles. The summed E-state index contributed by atoms with van der Waals surface area (Å²) in [6, 6.07) is 16.4. The number of aryl methyl sites for hydroxylation is 1. The maximum Gasteiger partial charge on any atom is 0.288 e. The van der Waals surface area contributed by atoms with Gasteiger partial charge >= 0.3 is 0 Å². The highest BCUT2D eigenvalue weighted by atomic mass is 35.5. The fourth-order valence-corrected chi connectivity index (χ4v) is 5.23. The molecule has 4 aromatic rings. The average Bonchev–Trinajstić information content (AvgIpc) is 3.27. The predicted octanol–water partition coefficient (Wildman–Crippen LogP) is 6.31. The topological polar surface area (TPSA) is 107 Å². The van der Waals surface area contributed by atoms with Crippen LogP contribution >= 0.6 is 23.2 Å². The lowest BCUT2D eigenvalue weighted by atomic mass is 10.0. The summed E-state index contributed by atoms with van der Waals surface area (Å²) in [4.78, 5) is 4.18. The molecular weight excluding hydrogens is 567 g/mol. The number of nitrogens with zero attached hydrogens (tertiary/aromatic N) is 3. The van der Waals surface area contributed by atoms with Crippen molar-refractivity contribution in [3.05, 3.63) is 100 Å². The van der Waals surface area contributed by atoms with E-state index >= 15 is 0 Å². The zero-order valence-electron chi connectivity index (χ0n) is 21.2. The quantitative estimate of drug-likeness (QED) is 0.193. The van der Waals surface area contributed by atoms with Gasteiger partial charge in [-0.05, 0) is 60.5 Å². The molecule has 4 N–H and O–H groups in total.